The Bertz CT molecular complexity index is 468. The monoisotopic (exact) mass is 256 g/mol. The third kappa shape index (κ3) is 1.74. The van der Waals surface area contributed by atoms with Crippen molar-refractivity contribution in [3.8, 4) is 23.6 Å². The summed E-state index contributed by atoms with van der Waals surface area (Å²) in [5.74, 6) is 0.151. The topological polar surface area (TPSA) is 66.0 Å². The first-order valence-electron chi connectivity index (χ1n) is 4.05. The predicted molar refractivity (Wildman–Crippen MR) is 59.0 cm³/mol. The first kappa shape index (κ1) is 12.4. The summed E-state index contributed by atoms with van der Waals surface area (Å²) in [7, 11) is 2.68. The van der Waals surface area contributed by atoms with Crippen LogP contribution in [0.3, 0.4) is 0 Å². The highest BCUT2D eigenvalue weighted by molar-refractivity contribution is 6.44. The normalized spacial score (nSPS) is 9.12. The van der Waals surface area contributed by atoms with Gasteiger partial charge in [0.25, 0.3) is 0 Å². The molecule has 0 unspecified atom stereocenters. The SMILES string of the molecule is COc1c(Cl)c(Cl)c(OC)c(C#N)c1C#N. The molecular weight excluding hydrogens is 251 g/mol. The summed E-state index contributed by atoms with van der Waals surface area (Å²) >= 11 is 11.8. The lowest BCUT2D eigenvalue weighted by atomic mass is 10.1. The third-order valence-corrected chi connectivity index (χ3v) is 2.75. The van der Waals surface area contributed by atoms with Crippen LogP contribution in [0.15, 0.2) is 0 Å². The minimum Gasteiger partial charge on any atom is -0.494 e. The molecule has 1 aromatic carbocycles. The molecule has 6 heteroatoms. The van der Waals surface area contributed by atoms with Crippen molar-refractivity contribution in [3.63, 3.8) is 0 Å². The third-order valence-electron chi connectivity index (χ3n) is 1.93. The average Bonchev–Trinajstić information content (AvgIpc) is 2.31. The molecule has 0 saturated carbocycles. The molecule has 16 heavy (non-hydrogen) atoms. The van der Waals surface area contributed by atoms with Crippen LogP contribution in [0.4, 0.5) is 0 Å². The van der Waals surface area contributed by atoms with Gasteiger partial charge in [0, 0.05) is 0 Å². The molecule has 0 aliphatic carbocycles. The van der Waals surface area contributed by atoms with Crippen molar-refractivity contribution < 1.29 is 9.47 Å². The van der Waals surface area contributed by atoms with E-state index in [0.29, 0.717) is 0 Å². The quantitative estimate of drug-likeness (QED) is 0.816. The van der Waals surface area contributed by atoms with E-state index in [4.69, 9.17) is 43.2 Å². The zero-order valence-electron chi connectivity index (χ0n) is 8.47. The first-order valence-corrected chi connectivity index (χ1v) is 4.81. The summed E-state index contributed by atoms with van der Waals surface area (Å²) in [5, 5.41) is 18.0. The molecule has 0 fully saturated rings. The Balaban J connectivity index is 3.80. The van der Waals surface area contributed by atoms with Crippen LogP contribution < -0.4 is 9.47 Å². The van der Waals surface area contributed by atoms with Crippen molar-refractivity contribution in [2.24, 2.45) is 0 Å². The molecule has 82 valence electrons. The number of rotatable bonds is 2. The Morgan fingerprint density at radius 2 is 1.19 bits per heavy atom. The maximum absolute atomic E-state index is 8.96. The number of hydrogen-bond acceptors (Lipinski definition) is 4. The van der Waals surface area contributed by atoms with E-state index in [1.54, 1.807) is 0 Å². The highest BCUT2D eigenvalue weighted by Gasteiger charge is 2.23. The fourth-order valence-corrected chi connectivity index (χ4v) is 1.76. The van der Waals surface area contributed by atoms with Crippen LogP contribution in [0.25, 0.3) is 0 Å². The van der Waals surface area contributed by atoms with Crippen molar-refractivity contribution in [2.45, 2.75) is 0 Å². The second kappa shape index (κ2) is 4.94. The molecule has 0 aliphatic rings. The van der Waals surface area contributed by atoms with Gasteiger partial charge in [-0.25, -0.2) is 0 Å². The minimum absolute atomic E-state index is 0.0104. The first-order chi connectivity index (χ1) is 7.62. The molecule has 0 bridgehead atoms. The molecule has 0 aromatic heterocycles. The molecule has 0 amide bonds. The lowest BCUT2D eigenvalue weighted by molar-refractivity contribution is 0.401. The Hall–Kier alpha value is -1.62. The van der Waals surface area contributed by atoms with E-state index in [2.05, 4.69) is 0 Å². The molecule has 0 saturated heterocycles. The lowest BCUT2D eigenvalue weighted by Crippen LogP contribution is -1.98. The van der Waals surface area contributed by atoms with Gasteiger partial charge in [-0.05, 0) is 0 Å². The number of ether oxygens (including phenoxy) is 2. The van der Waals surface area contributed by atoms with Gasteiger partial charge in [0.05, 0.1) is 14.2 Å². The van der Waals surface area contributed by atoms with Crippen LogP contribution in [-0.4, -0.2) is 14.2 Å². The highest BCUT2D eigenvalue weighted by Crippen LogP contribution is 2.44. The standard InChI is InChI=1S/C10H6Cl2N2O2/c1-15-9-5(3-13)6(4-14)10(16-2)8(12)7(9)11/h1-2H3. The number of methoxy groups -OCH3 is 2. The van der Waals surface area contributed by atoms with Gasteiger partial charge in [-0.2, -0.15) is 10.5 Å². The van der Waals surface area contributed by atoms with Crippen molar-refractivity contribution in [3.05, 3.63) is 21.2 Å². The van der Waals surface area contributed by atoms with Crippen molar-refractivity contribution in [1.82, 2.24) is 0 Å². The maximum atomic E-state index is 8.96. The summed E-state index contributed by atoms with van der Waals surface area (Å²) in [6.45, 7) is 0. The molecule has 0 N–H and O–H groups in total. The molecule has 4 nitrogen and oxygen atoms in total. The molecule has 0 aliphatic heterocycles. The minimum atomic E-state index is 0.0104. The van der Waals surface area contributed by atoms with Crippen LogP contribution >= 0.6 is 23.2 Å². The van der Waals surface area contributed by atoms with Gasteiger partial charge in [-0.1, -0.05) is 23.2 Å². The summed E-state index contributed by atoms with van der Waals surface area (Å²) in [4.78, 5) is 0. The second-order valence-corrected chi connectivity index (χ2v) is 3.42. The van der Waals surface area contributed by atoms with Crippen LogP contribution in [0, 0.1) is 22.7 Å². The molecule has 0 heterocycles. The zero-order valence-corrected chi connectivity index (χ0v) is 9.98. The van der Waals surface area contributed by atoms with Gasteiger partial charge in [0.1, 0.15) is 33.3 Å². The van der Waals surface area contributed by atoms with Crippen LogP contribution in [0.2, 0.25) is 10.0 Å². The van der Waals surface area contributed by atoms with Crippen molar-refractivity contribution in [2.75, 3.05) is 14.2 Å². The van der Waals surface area contributed by atoms with Gasteiger partial charge in [-0.15, -0.1) is 0 Å². The Morgan fingerprint density at radius 1 is 0.875 bits per heavy atom. The Labute approximate surface area is 103 Å². The number of nitriles is 2. The maximum Gasteiger partial charge on any atom is 0.158 e. The largest absolute Gasteiger partial charge is 0.494 e. The summed E-state index contributed by atoms with van der Waals surface area (Å²) < 4.78 is 9.89. The van der Waals surface area contributed by atoms with E-state index in [-0.39, 0.29) is 32.7 Å². The highest BCUT2D eigenvalue weighted by atomic mass is 35.5. The number of hydrogen-bond donors (Lipinski definition) is 0. The molecule has 1 aromatic rings. The van der Waals surface area contributed by atoms with Gasteiger partial charge >= 0.3 is 0 Å². The van der Waals surface area contributed by atoms with Gasteiger partial charge in [0.15, 0.2) is 11.5 Å². The van der Waals surface area contributed by atoms with E-state index in [0.717, 1.165) is 0 Å². The van der Waals surface area contributed by atoms with Crippen LogP contribution in [0.5, 0.6) is 11.5 Å². The van der Waals surface area contributed by atoms with Crippen molar-refractivity contribution in [1.29, 1.82) is 10.5 Å². The Morgan fingerprint density at radius 3 is 1.38 bits per heavy atom. The molecule has 0 radical (unpaired) electrons. The smallest absolute Gasteiger partial charge is 0.158 e. The van der Waals surface area contributed by atoms with E-state index in [9.17, 15) is 0 Å². The number of halogens is 2. The molecular formula is C10H6Cl2N2O2. The van der Waals surface area contributed by atoms with Crippen LogP contribution in [-0.2, 0) is 0 Å². The fourth-order valence-electron chi connectivity index (χ4n) is 1.24. The predicted octanol–water partition coefficient (Wildman–Crippen LogP) is 2.75. The summed E-state index contributed by atoms with van der Waals surface area (Å²) in [6, 6.07) is 3.68. The lowest BCUT2D eigenvalue weighted by Gasteiger charge is -2.12. The van der Waals surface area contributed by atoms with Crippen molar-refractivity contribution >= 4 is 23.2 Å². The molecule has 1 rings (SSSR count). The van der Waals surface area contributed by atoms with E-state index < -0.39 is 0 Å². The number of nitrogens with zero attached hydrogens (tertiary/aromatic N) is 2. The summed E-state index contributed by atoms with van der Waals surface area (Å²) in [6.07, 6.45) is 0. The van der Waals surface area contributed by atoms with E-state index >= 15 is 0 Å². The molecule has 0 spiro atoms. The van der Waals surface area contributed by atoms with E-state index in [1.807, 2.05) is 12.1 Å². The fraction of sp³-hybridized carbons (Fsp3) is 0.200. The van der Waals surface area contributed by atoms with Gasteiger partial charge < -0.3 is 9.47 Å². The van der Waals surface area contributed by atoms with Crippen LogP contribution in [0.1, 0.15) is 11.1 Å². The number of benzene rings is 1. The van der Waals surface area contributed by atoms with E-state index in [1.165, 1.54) is 14.2 Å². The Kier molecular flexibility index (Phi) is 3.84. The van der Waals surface area contributed by atoms with Gasteiger partial charge in [0.2, 0.25) is 0 Å². The molecule has 0 atom stereocenters. The second-order valence-electron chi connectivity index (χ2n) is 2.67. The van der Waals surface area contributed by atoms with Gasteiger partial charge in [-0.3, -0.25) is 0 Å². The summed E-state index contributed by atoms with van der Waals surface area (Å²) in [5.41, 5.74) is 0.0208. The zero-order chi connectivity index (χ0) is 12.3. The average molecular weight is 257 g/mol.